The molecule has 0 aliphatic carbocycles. The number of hydrogen-bond donors (Lipinski definition) is 3. The lowest BCUT2D eigenvalue weighted by Gasteiger charge is -2.32. The van der Waals surface area contributed by atoms with Gasteiger partial charge in [-0.25, -0.2) is 4.98 Å². The Hall–Kier alpha value is -1.83. The maximum Gasteiger partial charge on any atom is 0.251 e. The van der Waals surface area contributed by atoms with E-state index in [9.17, 15) is 14.4 Å². The van der Waals surface area contributed by atoms with E-state index in [0.717, 1.165) is 0 Å². The highest BCUT2D eigenvalue weighted by atomic mass is 32.2. The quantitative estimate of drug-likeness (QED) is 0.708. The molecule has 1 aliphatic heterocycles. The number of nitrogens with zero attached hydrogens (tertiary/aromatic N) is 1. The number of thioether (sulfide) groups is 1. The zero-order chi connectivity index (χ0) is 16.3. The van der Waals surface area contributed by atoms with Gasteiger partial charge >= 0.3 is 0 Å². The fourth-order valence-corrected chi connectivity index (χ4v) is 3.07. The minimum Gasteiger partial charge on any atom is -0.354 e. The van der Waals surface area contributed by atoms with Crippen LogP contribution < -0.4 is 16.2 Å². The third kappa shape index (κ3) is 4.09. The predicted octanol–water partition coefficient (Wildman–Crippen LogP) is -0.253. The van der Waals surface area contributed by atoms with Gasteiger partial charge in [0.25, 0.3) is 5.56 Å². The number of hydrogen-bond acceptors (Lipinski definition) is 5. The maximum absolute atomic E-state index is 12.0. The average molecular weight is 324 g/mol. The van der Waals surface area contributed by atoms with E-state index in [-0.39, 0.29) is 17.4 Å². The summed E-state index contributed by atoms with van der Waals surface area (Å²) in [4.78, 5) is 42.0. The Balaban J connectivity index is 1.83. The molecule has 0 bridgehead atoms. The molecule has 1 aromatic heterocycles. The Labute approximate surface area is 132 Å². The molecule has 1 saturated heterocycles. The van der Waals surface area contributed by atoms with Crippen molar-refractivity contribution in [1.82, 2.24) is 20.6 Å². The van der Waals surface area contributed by atoms with Gasteiger partial charge in [-0.3, -0.25) is 14.4 Å². The van der Waals surface area contributed by atoms with Crippen molar-refractivity contribution in [2.45, 2.75) is 38.0 Å². The molecule has 1 fully saturated rings. The lowest BCUT2D eigenvalue weighted by Crippen LogP contribution is -2.57. The molecule has 22 heavy (non-hydrogen) atoms. The average Bonchev–Trinajstić information content (AvgIpc) is 2.40. The van der Waals surface area contributed by atoms with Gasteiger partial charge in [0, 0.05) is 30.5 Å². The van der Waals surface area contributed by atoms with Gasteiger partial charge in [-0.1, -0.05) is 0 Å². The zero-order valence-corrected chi connectivity index (χ0v) is 13.7. The van der Waals surface area contributed by atoms with Crippen LogP contribution in [0.1, 0.15) is 25.4 Å². The molecule has 2 heterocycles. The van der Waals surface area contributed by atoms with E-state index in [0.29, 0.717) is 30.2 Å². The largest absolute Gasteiger partial charge is 0.354 e. The molecule has 0 saturated carbocycles. The van der Waals surface area contributed by atoms with E-state index in [1.54, 1.807) is 6.92 Å². The minimum absolute atomic E-state index is 0.131. The van der Waals surface area contributed by atoms with Gasteiger partial charge < -0.3 is 15.6 Å². The van der Waals surface area contributed by atoms with Crippen LogP contribution in [0.5, 0.6) is 0 Å². The van der Waals surface area contributed by atoms with Gasteiger partial charge in [0.1, 0.15) is 11.9 Å². The molecular weight excluding hydrogens is 304 g/mol. The topological polar surface area (TPSA) is 104 Å². The summed E-state index contributed by atoms with van der Waals surface area (Å²) in [5.41, 5.74) is 0.440. The van der Waals surface area contributed by atoms with Crippen molar-refractivity contribution >= 4 is 23.6 Å². The van der Waals surface area contributed by atoms with Crippen LogP contribution in [0.3, 0.4) is 0 Å². The van der Waals surface area contributed by atoms with Crippen LogP contribution in [0, 0.1) is 6.92 Å². The Morgan fingerprint density at radius 3 is 2.86 bits per heavy atom. The molecule has 3 N–H and O–H groups in total. The van der Waals surface area contributed by atoms with Crippen molar-refractivity contribution in [3.05, 3.63) is 27.9 Å². The third-order valence-corrected chi connectivity index (χ3v) is 4.77. The number of nitrogens with one attached hydrogen (secondary N) is 3. The number of aromatic nitrogens is 2. The number of carbonyl (C=O) groups excluding carboxylic acids is 2. The first-order valence-corrected chi connectivity index (χ1v) is 8.06. The van der Waals surface area contributed by atoms with Crippen molar-refractivity contribution in [2.24, 2.45) is 0 Å². The standard InChI is InChI=1S/C14H20N4O3S/c1-8-6-11(19)18-10(16-8)4-5-15-12(20)9-7-22-14(2,3)13(21)17-9/h6,9H,4-5,7H2,1-3H3,(H,15,20)(H,17,21)(H,16,18,19). The Morgan fingerprint density at radius 2 is 2.23 bits per heavy atom. The molecule has 1 aliphatic rings. The van der Waals surface area contributed by atoms with E-state index >= 15 is 0 Å². The van der Waals surface area contributed by atoms with Crippen LogP contribution in [0.25, 0.3) is 0 Å². The van der Waals surface area contributed by atoms with E-state index in [2.05, 4.69) is 20.6 Å². The zero-order valence-electron chi connectivity index (χ0n) is 12.9. The van der Waals surface area contributed by atoms with E-state index < -0.39 is 10.8 Å². The summed E-state index contributed by atoms with van der Waals surface area (Å²) in [7, 11) is 0. The molecule has 1 atom stereocenters. The van der Waals surface area contributed by atoms with Crippen molar-refractivity contribution in [2.75, 3.05) is 12.3 Å². The van der Waals surface area contributed by atoms with E-state index in [1.165, 1.54) is 17.8 Å². The number of carbonyl (C=O) groups is 2. The summed E-state index contributed by atoms with van der Waals surface area (Å²) >= 11 is 1.47. The molecule has 1 unspecified atom stereocenters. The summed E-state index contributed by atoms with van der Waals surface area (Å²) in [5.74, 6) is 0.734. The maximum atomic E-state index is 12.0. The molecular formula is C14H20N4O3S. The van der Waals surface area contributed by atoms with Crippen molar-refractivity contribution < 1.29 is 9.59 Å². The van der Waals surface area contributed by atoms with Crippen molar-refractivity contribution in [3.63, 3.8) is 0 Å². The Kier molecular flexibility index (Phi) is 4.90. The summed E-state index contributed by atoms with van der Waals surface area (Å²) < 4.78 is -0.498. The molecule has 0 aromatic carbocycles. The van der Waals surface area contributed by atoms with E-state index in [4.69, 9.17) is 0 Å². The van der Waals surface area contributed by atoms with Crippen LogP contribution in [0.4, 0.5) is 0 Å². The normalized spacial score (nSPS) is 20.3. The first-order chi connectivity index (χ1) is 10.3. The number of aryl methyl sites for hydroxylation is 1. The highest BCUT2D eigenvalue weighted by Gasteiger charge is 2.37. The molecule has 7 nitrogen and oxygen atoms in total. The second kappa shape index (κ2) is 6.51. The van der Waals surface area contributed by atoms with Gasteiger partial charge in [-0.2, -0.15) is 0 Å². The monoisotopic (exact) mass is 324 g/mol. The number of H-pyrrole nitrogens is 1. The molecule has 8 heteroatoms. The third-order valence-electron chi connectivity index (χ3n) is 3.36. The van der Waals surface area contributed by atoms with Crippen LogP contribution in [0.2, 0.25) is 0 Å². The van der Waals surface area contributed by atoms with Crippen LogP contribution in [-0.2, 0) is 16.0 Å². The SMILES string of the molecule is Cc1cc(=O)[nH]c(CCNC(=O)C2CSC(C)(C)C(=O)N2)n1. The molecule has 0 spiro atoms. The first kappa shape index (κ1) is 16.5. The number of amides is 2. The highest BCUT2D eigenvalue weighted by molar-refractivity contribution is 8.01. The summed E-state index contributed by atoms with van der Waals surface area (Å²) in [6, 6.07) is 0.897. The Bertz CT molecular complexity index is 641. The fourth-order valence-electron chi connectivity index (χ4n) is 2.06. The summed E-state index contributed by atoms with van der Waals surface area (Å²) in [5, 5.41) is 5.49. The van der Waals surface area contributed by atoms with E-state index in [1.807, 2.05) is 13.8 Å². The van der Waals surface area contributed by atoms with Crippen LogP contribution in [0.15, 0.2) is 10.9 Å². The van der Waals surface area contributed by atoms with Gasteiger partial charge in [0.15, 0.2) is 0 Å². The number of aromatic amines is 1. The second-order valence-corrected chi connectivity index (χ2v) is 7.36. The minimum atomic E-state index is -0.518. The van der Waals surface area contributed by atoms with Crippen LogP contribution >= 0.6 is 11.8 Å². The highest BCUT2D eigenvalue weighted by Crippen LogP contribution is 2.28. The number of rotatable bonds is 4. The van der Waals surface area contributed by atoms with Gasteiger partial charge in [0.05, 0.1) is 4.75 Å². The predicted molar refractivity (Wildman–Crippen MR) is 84.8 cm³/mol. The van der Waals surface area contributed by atoms with Gasteiger partial charge in [-0.15, -0.1) is 11.8 Å². The summed E-state index contributed by atoms with van der Waals surface area (Å²) in [6.45, 7) is 5.77. The fraction of sp³-hybridized carbons (Fsp3) is 0.571. The van der Waals surface area contributed by atoms with Gasteiger partial charge in [0.2, 0.25) is 11.8 Å². The molecule has 120 valence electrons. The van der Waals surface area contributed by atoms with Crippen molar-refractivity contribution in [3.8, 4) is 0 Å². The molecule has 2 rings (SSSR count). The Morgan fingerprint density at radius 1 is 1.50 bits per heavy atom. The lowest BCUT2D eigenvalue weighted by atomic mass is 10.1. The molecule has 0 radical (unpaired) electrons. The van der Waals surface area contributed by atoms with Crippen LogP contribution in [-0.4, -0.2) is 44.9 Å². The molecule has 1 aromatic rings. The first-order valence-electron chi connectivity index (χ1n) is 7.07. The lowest BCUT2D eigenvalue weighted by molar-refractivity contribution is -0.129. The smallest absolute Gasteiger partial charge is 0.251 e. The summed E-state index contributed by atoms with van der Waals surface area (Å²) in [6.07, 6.45) is 0.433. The molecule has 2 amide bonds. The van der Waals surface area contributed by atoms with Crippen molar-refractivity contribution in [1.29, 1.82) is 0 Å². The van der Waals surface area contributed by atoms with Gasteiger partial charge in [-0.05, 0) is 20.8 Å². The second-order valence-electron chi connectivity index (χ2n) is 5.72.